The second-order valence-corrected chi connectivity index (χ2v) is 8.07. The van der Waals surface area contributed by atoms with E-state index in [9.17, 15) is 0 Å². The van der Waals surface area contributed by atoms with Gasteiger partial charge < -0.3 is 0 Å². The summed E-state index contributed by atoms with van der Waals surface area (Å²) in [6.45, 7) is 0. The molecule has 4 aromatic rings. The molecule has 0 saturated carbocycles. The van der Waals surface area contributed by atoms with Crippen molar-refractivity contribution in [2.75, 3.05) is 0 Å². The maximum absolute atomic E-state index is 2.34. The van der Waals surface area contributed by atoms with Gasteiger partial charge in [-0.2, -0.15) is 0 Å². The molecule has 16 heavy (non-hydrogen) atoms. The van der Waals surface area contributed by atoms with Gasteiger partial charge in [0, 0.05) is 0 Å². The van der Waals surface area contributed by atoms with E-state index in [4.69, 9.17) is 0 Å². The molecule has 0 saturated heterocycles. The molecule has 2 aromatic heterocycles. The molecule has 0 atom stereocenters. The Hall–Kier alpha value is -0.781. The van der Waals surface area contributed by atoms with Crippen molar-refractivity contribution in [3.8, 4) is 0 Å². The van der Waals surface area contributed by atoms with Gasteiger partial charge in [-0.1, -0.05) is 0 Å². The Morgan fingerprint density at radius 1 is 0.812 bits per heavy atom. The zero-order chi connectivity index (χ0) is 10.5. The van der Waals surface area contributed by atoms with Gasteiger partial charge >= 0.3 is 105 Å². The Balaban J connectivity index is 2.42. The molecule has 0 aliphatic rings. The zero-order valence-corrected chi connectivity index (χ0v) is 11.9. The van der Waals surface area contributed by atoms with Gasteiger partial charge in [-0.05, 0) is 0 Å². The third-order valence-corrected chi connectivity index (χ3v) is 7.33. The summed E-state index contributed by atoms with van der Waals surface area (Å²) in [7, 11) is 0. The molecule has 4 rings (SSSR count). The minimum absolute atomic E-state index is 0.527. The van der Waals surface area contributed by atoms with Crippen LogP contribution in [0.1, 0.15) is 0 Å². The van der Waals surface area contributed by atoms with E-state index in [-0.39, 0.29) is 0 Å². The first-order chi connectivity index (χ1) is 7.93. The first-order valence-electron chi connectivity index (χ1n) is 5.21. The molecule has 2 heteroatoms. The third-order valence-electron chi connectivity index (χ3n) is 2.96. The first kappa shape index (κ1) is 9.27. The summed E-state index contributed by atoms with van der Waals surface area (Å²) in [5, 5.41) is 4.52. The van der Waals surface area contributed by atoms with Gasteiger partial charge in [-0.25, -0.2) is 0 Å². The summed E-state index contributed by atoms with van der Waals surface area (Å²) in [5.74, 6) is 0. The molecule has 0 N–H and O–H groups in total. The number of rotatable bonds is 0. The minimum atomic E-state index is 0.527. The van der Waals surface area contributed by atoms with Gasteiger partial charge in [0.25, 0.3) is 0 Å². The quantitative estimate of drug-likeness (QED) is 0.433. The van der Waals surface area contributed by atoms with E-state index in [0.717, 1.165) is 0 Å². The van der Waals surface area contributed by atoms with Gasteiger partial charge in [0.05, 0.1) is 0 Å². The molecule has 2 heterocycles. The van der Waals surface area contributed by atoms with Crippen LogP contribution in [0.15, 0.2) is 47.4 Å². The van der Waals surface area contributed by atoms with Crippen molar-refractivity contribution in [3.63, 3.8) is 0 Å². The average Bonchev–Trinajstić information content (AvgIpc) is 2.91. The molecule has 0 unspecified atom stereocenters. The van der Waals surface area contributed by atoms with Crippen LogP contribution >= 0.6 is 0 Å². The van der Waals surface area contributed by atoms with E-state index >= 15 is 0 Å². The number of hydrogen-bond donors (Lipinski definition) is 0. The Labute approximate surface area is 105 Å². The first-order valence-corrected chi connectivity index (χ1v) is 8.77. The van der Waals surface area contributed by atoms with Crippen LogP contribution in [0.4, 0.5) is 0 Å². The van der Waals surface area contributed by atoms with Gasteiger partial charge in [-0.15, -0.1) is 0 Å². The predicted molar refractivity (Wildman–Crippen MR) is 72.8 cm³/mol. The van der Waals surface area contributed by atoms with E-state index in [0.29, 0.717) is 29.0 Å². The number of fused-ring (bicyclic) bond motifs is 5. The monoisotopic (exact) mass is 336 g/mol. The van der Waals surface area contributed by atoms with Crippen LogP contribution in [-0.4, -0.2) is 29.0 Å². The zero-order valence-electron chi connectivity index (χ0n) is 8.44. The van der Waals surface area contributed by atoms with Gasteiger partial charge in [0.1, 0.15) is 0 Å². The number of benzene rings is 2. The Morgan fingerprint density at radius 3 is 2.75 bits per heavy atom. The van der Waals surface area contributed by atoms with Crippen molar-refractivity contribution >= 4 is 57.9 Å². The van der Waals surface area contributed by atoms with Crippen LogP contribution in [0.2, 0.25) is 0 Å². The molecule has 76 valence electrons. The molecular weight excluding hydrogens is 326 g/mol. The van der Waals surface area contributed by atoms with E-state index in [1.165, 1.54) is 10.8 Å². The fourth-order valence-corrected chi connectivity index (χ4v) is 6.91. The maximum atomic E-state index is 2.34. The second kappa shape index (κ2) is 3.35. The summed E-state index contributed by atoms with van der Waals surface area (Å²) in [4.78, 5) is 2.34. The van der Waals surface area contributed by atoms with Crippen molar-refractivity contribution in [3.05, 3.63) is 47.4 Å². The SMILES string of the molecule is c1ccc2c(c1)[se]c1ccc3cc[se]c3c12. The Bertz CT molecular complexity index is 805. The van der Waals surface area contributed by atoms with E-state index in [2.05, 4.69) is 47.4 Å². The van der Waals surface area contributed by atoms with Gasteiger partial charge in [0.2, 0.25) is 0 Å². The summed E-state index contributed by atoms with van der Waals surface area (Å²) >= 11 is 1.08. The van der Waals surface area contributed by atoms with Crippen molar-refractivity contribution in [1.82, 2.24) is 0 Å². The van der Waals surface area contributed by atoms with Crippen molar-refractivity contribution in [2.24, 2.45) is 0 Å². The predicted octanol–water partition coefficient (Wildman–Crippen LogP) is 3.26. The summed E-state index contributed by atoms with van der Waals surface area (Å²) in [6, 6.07) is 15.8. The molecule has 0 fully saturated rings. The summed E-state index contributed by atoms with van der Waals surface area (Å²) in [5.41, 5.74) is 0. The van der Waals surface area contributed by atoms with Gasteiger partial charge in [-0.3, -0.25) is 0 Å². The topological polar surface area (TPSA) is 0 Å². The van der Waals surface area contributed by atoms with E-state index < -0.39 is 0 Å². The average molecular weight is 334 g/mol. The Morgan fingerprint density at radius 2 is 1.75 bits per heavy atom. The third kappa shape index (κ3) is 1.16. The molecule has 0 nitrogen and oxygen atoms in total. The Kier molecular flexibility index (Phi) is 1.94. The fourth-order valence-electron chi connectivity index (χ4n) is 2.24. The van der Waals surface area contributed by atoms with E-state index in [1.807, 2.05) is 0 Å². The molecule has 0 aliphatic heterocycles. The van der Waals surface area contributed by atoms with Crippen LogP contribution in [0.5, 0.6) is 0 Å². The van der Waals surface area contributed by atoms with Gasteiger partial charge in [0.15, 0.2) is 0 Å². The van der Waals surface area contributed by atoms with Crippen LogP contribution < -0.4 is 0 Å². The molecule has 0 aliphatic carbocycles. The fraction of sp³-hybridized carbons (Fsp3) is 0. The number of hydrogen-bond acceptors (Lipinski definition) is 0. The van der Waals surface area contributed by atoms with Crippen LogP contribution in [0.25, 0.3) is 28.9 Å². The van der Waals surface area contributed by atoms with Crippen molar-refractivity contribution in [2.45, 2.75) is 0 Å². The molecular formula is C14H8Se2. The molecule has 0 spiro atoms. The molecule has 0 radical (unpaired) electrons. The molecule has 0 amide bonds. The van der Waals surface area contributed by atoms with Crippen LogP contribution in [0, 0.1) is 0 Å². The summed E-state index contributed by atoms with van der Waals surface area (Å²) < 4.78 is 4.75. The van der Waals surface area contributed by atoms with E-state index in [1.54, 1.807) is 18.2 Å². The van der Waals surface area contributed by atoms with Crippen molar-refractivity contribution < 1.29 is 0 Å². The van der Waals surface area contributed by atoms with Crippen LogP contribution in [-0.2, 0) is 0 Å². The molecule has 0 bridgehead atoms. The van der Waals surface area contributed by atoms with Crippen LogP contribution in [0.3, 0.4) is 0 Å². The second-order valence-electron chi connectivity index (χ2n) is 3.88. The standard InChI is InChI=1S/C14H8Se2/c1-2-4-11-10(3-1)13-12(16-11)6-5-9-7-8-15-14(9)13/h1-8H. The molecule has 2 aromatic carbocycles. The summed E-state index contributed by atoms with van der Waals surface area (Å²) in [6.07, 6.45) is 0. The normalized spacial score (nSPS) is 11.8. The van der Waals surface area contributed by atoms with Crippen molar-refractivity contribution in [1.29, 1.82) is 0 Å².